The molecule has 0 amide bonds. The fraction of sp³-hybridized carbons (Fsp3) is 0.686. The van der Waals surface area contributed by atoms with E-state index in [9.17, 15) is 0 Å². The molecule has 0 spiro atoms. The highest BCUT2D eigenvalue weighted by Gasteiger charge is 2.21. The van der Waals surface area contributed by atoms with E-state index < -0.39 is 0 Å². The van der Waals surface area contributed by atoms with Crippen molar-refractivity contribution in [1.29, 1.82) is 0 Å². The van der Waals surface area contributed by atoms with E-state index in [0.717, 1.165) is 56.1 Å². The van der Waals surface area contributed by atoms with E-state index in [0.29, 0.717) is 5.92 Å². The zero-order valence-corrected chi connectivity index (χ0v) is 25.0. The summed E-state index contributed by atoms with van der Waals surface area (Å²) in [5.74, 6) is 1.51. The van der Waals surface area contributed by atoms with E-state index in [2.05, 4.69) is 50.2 Å². The van der Waals surface area contributed by atoms with Crippen LogP contribution in [0.4, 0.5) is 0 Å². The molecule has 0 unspecified atom stereocenters. The maximum Gasteiger partial charge on any atom is 0.157 e. The van der Waals surface area contributed by atoms with Crippen molar-refractivity contribution in [1.82, 2.24) is 4.98 Å². The highest BCUT2D eigenvalue weighted by atomic mass is 16.7. The molecule has 2 heterocycles. The molecule has 0 radical (unpaired) electrons. The standard InChI is InChI=1S/C35H55NO3/c1-3-5-7-9-11-12-14-16-26-37-33-22-20-32(21-23-33)34-24-18-30(27-36-34)19-25-35-38-28-31(29-39-35)17-15-13-10-8-6-4-2/h18,20-24,27,31,35H,3-17,19,25-26,28-29H2,1-2H3/t31-,35-. The van der Waals surface area contributed by atoms with Gasteiger partial charge < -0.3 is 14.2 Å². The average molecular weight is 538 g/mol. The van der Waals surface area contributed by atoms with E-state index in [-0.39, 0.29) is 6.29 Å². The lowest BCUT2D eigenvalue weighted by molar-refractivity contribution is -0.203. The van der Waals surface area contributed by atoms with E-state index in [4.69, 9.17) is 19.2 Å². The first kappa shape index (κ1) is 31.6. The zero-order valence-electron chi connectivity index (χ0n) is 25.0. The summed E-state index contributed by atoms with van der Waals surface area (Å²) in [5, 5.41) is 0. The molecule has 1 aliphatic heterocycles. The highest BCUT2D eigenvalue weighted by molar-refractivity contribution is 5.60. The van der Waals surface area contributed by atoms with Gasteiger partial charge in [-0.1, -0.05) is 103 Å². The van der Waals surface area contributed by atoms with Crippen molar-refractivity contribution in [3.05, 3.63) is 48.2 Å². The number of hydrogen-bond donors (Lipinski definition) is 0. The van der Waals surface area contributed by atoms with Gasteiger partial charge in [0.25, 0.3) is 0 Å². The molecule has 0 aliphatic carbocycles. The number of pyridine rings is 1. The monoisotopic (exact) mass is 537 g/mol. The van der Waals surface area contributed by atoms with E-state index >= 15 is 0 Å². The molecule has 4 heteroatoms. The fourth-order valence-corrected chi connectivity index (χ4v) is 5.31. The molecule has 2 aromatic rings. The second-order valence-corrected chi connectivity index (χ2v) is 11.5. The number of benzene rings is 1. The fourth-order valence-electron chi connectivity index (χ4n) is 5.31. The first-order valence-corrected chi connectivity index (χ1v) is 16.2. The summed E-state index contributed by atoms with van der Waals surface area (Å²) < 4.78 is 18.0. The minimum Gasteiger partial charge on any atom is -0.494 e. The summed E-state index contributed by atoms with van der Waals surface area (Å²) in [6.07, 6.45) is 23.6. The van der Waals surface area contributed by atoms with Crippen molar-refractivity contribution in [3.8, 4) is 17.0 Å². The molecule has 1 aromatic heterocycles. The van der Waals surface area contributed by atoms with Crippen LogP contribution in [0.5, 0.6) is 5.75 Å². The third-order valence-corrected chi connectivity index (χ3v) is 7.91. The first-order chi connectivity index (χ1) is 19.3. The van der Waals surface area contributed by atoms with Crippen LogP contribution < -0.4 is 4.74 Å². The van der Waals surface area contributed by atoms with Gasteiger partial charge >= 0.3 is 0 Å². The summed E-state index contributed by atoms with van der Waals surface area (Å²) in [6, 6.07) is 12.6. The van der Waals surface area contributed by atoms with Crippen LogP contribution in [-0.4, -0.2) is 31.1 Å². The lowest BCUT2D eigenvalue weighted by atomic mass is 10.0. The number of rotatable bonds is 21. The molecule has 4 nitrogen and oxygen atoms in total. The van der Waals surface area contributed by atoms with Gasteiger partial charge in [-0.15, -0.1) is 0 Å². The third kappa shape index (κ3) is 13.3. The van der Waals surface area contributed by atoms with Gasteiger partial charge in [0.1, 0.15) is 5.75 Å². The zero-order chi connectivity index (χ0) is 27.4. The van der Waals surface area contributed by atoms with Crippen molar-refractivity contribution in [2.75, 3.05) is 19.8 Å². The van der Waals surface area contributed by atoms with Crippen molar-refractivity contribution in [2.24, 2.45) is 5.92 Å². The Bertz CT molecular complexity index is 843. The molecule has 1 saturated heterocycles. The average Bonchev–Trinajstić information content (AvgIpc) is 2.98. The quantitative estimate of drug-likeness (QED) is 0.149. The largest absolute Gasteiger partial charge is 0.494 e. The summed E-state index contributed by atoms with van der Waals surface area (Å²) in [7, 11) is 0. The predicted octanol–water partition coefficient (Wildman–Crippen LogP) is 9.94. The molecule has 218 valence electrons. The Morgan fingerprint density at radius 3 is 1.92 bits per heavy atom. The molecule has 39 heavy (non-hydrogen) atoms. The maximum absolute atomic E-state index is 6.02. The minimum atomic E-state index is -0.0798. The third-order valence-electron chi connectivity index (χ3n) is 7.91. The van der Waals surface area contributed by atoms with Gasteiger partial charge in [-0.05, 0) is 55.2 Å². The molecule has 3 rings (SSSR count). The van der Waals surface area contributed by atoms with Gasteiger partial charge in [-0.3, -0.25) is 4.98 Å². The smallest absolute Gasteiger partial charge is 0.157 e. The van der Waals surface area contributed by atoms with Crippen LogP contribution in [-0.2, 0) is 15.9 Å². The molecule has 0 bridgehead atoms. The lowest BCUT2D eigenvalue weighted by Crippen LogP contribution is -2.32. The van der Waals surface area contributed by atoms with Crippen LogP contribution >= 0.6 is 0 Å². The van der Waals surface area contributed by atoms with Crippen molar-refractivity contribution in [3.63, 3.8) is 0 Å². The van der Waals surface area contributed by atoms with Crippen LogP contribution in [0, 0.1) is 5.92 Å². The number of ether oxygens (including phenoxy) is 3. The van der Waals surface area contributed by atoms with Crippen LogP contribution in [0.15, 0.2) is 42.6 Å². The maximum atomic E-state index is 6.02. The Balaban J connectivity index is 1.26. The Morgan fingerprint density at radius 1 is 0.692 bits per heavy atom. The van der Waals surface area contributed by atoms with Crippen LogP contribution in [0.1, 0.15) is 122 Å². The summed E-state index contributed by atoms with van der Waals surface area (Å²) in [6.45, 7) is 7.03. The van der Waals surface area contributed by atoms with Gasteiger partial charge in [-0.25, -0.2) is 0 Å². The lowest BCUT2D eigenvalue weighted by Gasteiger charge is -2.29. The first-order valence-electron chi connectivity index (χ1n) is 16.2. The molecule has 1 fully saturated rings. The number of unbranched alkanes of at least 4 members (excludes halogenated alkanes) is 12. The highest BCUT2D eigenvalue weighted by Crippen LogP contribution is 2.23. The molecule has 0 saturated carbocycles. The van der Waals surface area contributed by atoms with Gasteiger partial charge in [0.15, 0.2) is 6.29 Å². The van der Waals surface area contributed by atoms with Crippen LogP contribution in [0.25, 0.3) is 11.3 Å². The van der Waals surface area contributed by atoms with Crippen molar-refractivity contribution < 1.29 is 14.2 Å². The molecule has 0 N–H and O–H groups in total. The molecular weight excluding hydrogens is 482 g/mol. The van der Waals surface area contributed by atoms with Crippen LogP contribution in [0.3, 0.4) is 0 Å². The van der Waals surface area contributed by atoms with Crippen LogP contribution in [0.2, 0.25) is 0 Å². The Hall–Kier alpha value is -1.91. The van der Waals surface area contributed by atoms with Gasteiger partial charge in [-0.2, -0.15) is 0 Å². The predicted molar refractivity (Wildman–Crippen MR) is 163 cm³/mol. The Morgan fingerprint density at radius 2 is 1.31 bits per heavy atom. The molecule has 0 atom stereocenters. The normalized spacial score (nSPS) is 17.4. The second kappa shape index (κ2) is 20.0. The second-order valence-electron chi connectivity index (χ2n) is 11.5. The van der Waals surface area contributed by atoms with E-state index in [1.807, 2.05) is 6.20 Å². The summed E-state index contributed by atoms with van der Waals surface area (Å²) in [4.78, 5) is 4.71. The molecule has 1 aromatic carbocycles. The number of hydrogen-bond acceptors (Lipinski definition) is 4. The van der Waals surface area contributed by atoms with Gasteiger partial charge in [0.2, 0.25) is 0 Å². The number of nitrogens with zero attached hydrogens (tertiary/aromatic N) is 1. The van der Waals surface area contributed by atoms with Crippen molar-refractivity contribution in [2.45, 2.75) is 129 Å². The van der Waals surface area contributed by atoms with E-state index in [1.54, 1.807) is 0 Å². The topological polar surface area (TPSA) is 40.6 Å². The van der Waals surface area contributed by atoms with Gasteiger partial charge in [0.05, 0.1) is 25.5 Å². The Labute approximate surface area is 239 Å². The molecule has 1 aliphatic rings. The molecular formula is C35H55NO3. The van der Waals surface area contributed by atoms with Crippen molar-refractivity contribution >= 4 is 0 Å². The number of aromatic nitrogens is 1. The minimum absolute atomic E-state index is 0.0798. The number of aryl methyl sites for hydroxylation is 1. The Kier molecular flexibility index (Phi) is 16.2. The van der Waals surface area contributed by atoms with Gasteiger partial charge in [0, 0.05) is 24.1 Å². The van der Waals surface area contributed by atoms with E-state index in [1.165, 1.54) is 95.5 Å². The SMILES string of the molecule is CCCCCCCCCCOc1ccc(-c2ccc(CC[C@H]3OC[C@H](CCCCCCCC)CO3)cn2)cc1. The summed E-state index contributed by atoms with van der Waals surface area (Å²) >= 11 is 0. The summed E-state index contributed by atoms with van der Waals surface area (Å²) in [5.41, 5.74) is 3.35.